The van der Waals surface area contributed by atoms with Crippen molar-refractivity contribution in [1.82, 2.24) is 4.90 Å². The van der Waals surface area contributed by atoms with Crippen molar-refractivity contribution in [2.45, 2.75) is 25.4 Å². The number of carbonyl (C=O) groups is 1. The van der Waals surface area contributed by atoms with E-state index in [1.807, 2.05) is 11.4 Å². The monoisotopic (exact) mass is 355 g/mol. The number of ketones is 1. The van der Waals surface area contributed by atoms with Crippen molar-refractivity contribution >= 4 is 44.4 Å². The SMILES string of the molecule is O=C(CN(Cc1ccsc1)C1CC1)c1sccc1Br. The number of halogens is 1. The molecule has 1 aliphatic carbocycles. The van der Waals surface area contributed by atoms with E-state index in [-0.39, 0.29) is 5.78 Å². The quantitative estimate of drug-likeness (QED) is 0.714. The van der Waals surface area contributed by atoms with E-state index < -0.39 is 0 Å². The lowest BCUT2D eigenvalue weighted by Gasteiger charge is -2.20. The van der Waals surface area contributed by atoms with Gasteiger partial charge in [0.1, 0.15) is 0 Å². The minimum Gasteiger partial charge on any atom is -0.292 e. The van der Waals surface area contributed by atoms with E-state index in [0.717, 1.165) is 15.9 Å². The molecule has 0 radical (unpaired) electrons. The van der Waals surface area contributed by atoms with Gasteiger partial charge in [0.25, 0.3) is 0 Å². The van der Waals surface area contributed by atoms with Gasteiger partial charge in [0, 0.05) is 17.1 Å². The van der Waals surface area contributed by atoms with Gasteiger partial charge in [-0.15, -0.1) is 11.3 Å². The van der Waals surface area contributed by atoms with Crippen LogP contribution in [0.3, 0.4) is 0 Å². The van der Waals surface area contributed by atoms with Crippen LogP contribution in [0.25, 0.3) is 0 Å². The fourth-order valence-corrected chi connectivity index (χ4v) is 4.31. The number of Topliss-reactive ketones (excluding diaryl/α,β-unsaturated/α-hetero) is 1. The molecule has 1 aliphatic rings. The summed E-state index contributed by atoms with van der Waals surface area (Å²) in [6.45, 7) is 1.42. The summed E-state index contributed by atoms with van der Waals surface area (Å²) in [5.41, 5.74) is 1.31. The molecule has 19 heavy (non-hydrogen) atoms. The average Bonchev–Trinajstić information content (AvgIpc) is 2.94. The smallest absolute Gasteiger partial charge is 0.187 e. The largest absolute Gasteiger partial charge is 0.292 e. The maximum absolute atomic E-state index is 12.3. The van der Waals surface area contributed by atoms with Crippen LogP contribution in [0, 0.1) is 0 Å². The topological polar surface area (TPSA) is 20.3 Å². The molecule has 1 fully saturated rings. The molecule has 0 aliphatic heterocycles. The van der Waals surface area contributed by atoms with Crippen molar-refractivity contribution in [3.8, 4) is 0 Å². The van der Waals surface area contributed by atoms with Crippen LogP contribution in [0.5, 0.6) is 0 Å². The predicted octanol–water partition coefficient (Wildman–Crippen LogP) is 4.42. The maximum Gasteiger partial charge on any atom is 0.187 e. The molecule has 1 saturated carbocycles. The Morgan fingerprint density at radius 2 is 2.21 bits per heavy atom. The normalized spacial score (nSPS) is 15.1. The summed E-state index contributed by atoms with van der Waals surface area (Å²) in [5.74, 6) is 0.226. The van der Waals surface area contributed by atoms with Crippen LogP contribution in [0.1, 0.15) is 28.1 Å². The van der Waals surface area contributed by atoms with E-state index in [4.69, 9.17) is 0 Å². The molecule has 2 aromatic heterocycles. The van der Waals surface area contributed by atoms with E-state index in [1.165, 1.54) is 29.7 Å². The van der Waals surface area contributed by atoms with Gasteiger partial charge in [0.15, 0.2) is 5.78 Å². The van der Waals surface area contributed by atoms with Gasteiger partial charge in [-0.3, -0.25) is 9.69 Å². The van der Waals surface area contributed by atoms with Gasteiger partial charge in [-0.2, -0.15) is 11.3 Å². The number of rotatable bonds is 6. The number of hydrogen-bond acceptors (Lipinski definition) is 4. The Balaban J connectivity index is 1.68. The van der Waals surface area contributed by atoms with E-state index in [2.05, 4.69) is 37.7 Å². The molecule has 0 saturated heterocycles. The van der Waals surface area contributed by atoms with Crippen LogP contribution in [-0.4, -0.2) is 23.3 Å². The minimum absolute atomic E-state index is 0.226. The Kier molecular flexibility index (Phi) is 4.17. The molecule has 0 unspecified atom stereocenters. The van der Waals surface area contributed by atoms with Crippen LogP contribution >= 0.6 is 38.6 Å². The van der Waals surface area contributed by atoms with Gasteiger partial charge in [-0.1, -0.05) is 0 Å². The third-order valence-electron chi connectivity index (χ3n) is 3.25. The highest BCUT2D eigenvalue weighted by Crippen LogP contribution is 2.30. The third kappa shape index (κ3) is 3.34. The molecule has 0 N–H and O–H groups in total. The van der Waals surface area contributed by atoms with E-state index >= 15 is 0 Å². The fraction of sp³-hybridized carbons (Fsp3) is 0.357. The summed E-state index contributed by atoms with van der Waals surface area (Å²) in [6, 6.07) is 4.69. The highest BCUT2D eigenvalue weighted by atomic mass is 79.9. The third-order valence-corrected chi connectivity index (χ3v) is 5.86. The molecule has 0 aromatic carbocycles. The molecule has 2 heterocycles. The molecule has 2 aromatic rings. The molecule has 0 amide bonds. The van der Waals surface area contributed by atoms with Gasteiger partial charge in [0.2, 0.25) is 0 Å². The Morgan fingerprint density at radius 1 is 1.37 bits per heavy atom. The average molecular weight is 356 g/mol. The molecular weight excluding hydrogens is 342 g/mol. The molecule has 0 bridgehead atoms. The Labute approximate surface area is 129 Å². The van der Waals surface area contributed by atoms with Crippen molar-refractivity contribution in [2.75, 3.05) is 6.54 Å². The standard InChI is InChI=1S/C14H14BrNOS2/c15-12-4-6-19-14(12)13(17)8-16(11-1-2-11)7-10-3-5-18-9-10/h3-6,9,11H,1-2,7-8H2. The van der Waals surface area contributed by atoms with Crippen LogP contribution in [0.2, 0.25) is 0 Å². The Bertz CT molecular complexity index is 560. The van der Waals surface area contributed by atoms with Crippen LogP contribution in [0.4, 0.5) is 0 Å². The summed E-state index contributed by atoms with van der Waals surface area (Å²) in [5, 5.41) is 6.22. The van der Waals surface area contributed by atoms with Crippen molar-refractivity contribution in [2.24, 2.45) is 0 Å². The first kappa shape index (κ1) is 13.5. The van der Waals surface area contributed by atoms with Gasteiger partial charge in [-0.25, -0.2) is 0 Å². The van der Waals surface area contributed by atoms with E-state index in [9.17, 15) is 4.79 Å². The molecule has 5 heteroatoms. The number of nitrogens with zero attached hydrogens (tertiary/aromatic N) is 1. The van der Waals surface area contributed by atoms with Gasteiger partial charge >= 0.3 is 0 Å². The summed E-state index contributed by atoms with van der Waals surface area (Å²) in [4.78, 5) is 15.5. The molecule has 0 spiro atoms. The zero-order valence-corrected chi connectivity index (χ0v) is 13.6. The zero-order valence-electron chi connectivity index (χ0n) is 10.3. The summed E-state index contributed by atoms with van der Waals surface area (Å²) in [6.07, 6.45) is 2.45. The van der Waals surface area contributed by atoms with E-state index in [1.54, 1.807) is 11.3 Å². The zero-order chi connectivity index (χ0) is 13.2. The second-order valence-electron chi connectivity index (χ2n) is 4.79. The second-order valence-corrected chi connectivity index (χ2v) is 7.34. The van der Waals surface area contributed by atoms with Gasteiger partial charge < -0.3 is 0 Å². The summed E-state index contributed by atoms with van der Waals surface area (Å²) in [7, 11) is 0. The fourth-order valence-electron chi connectivity index (χ4n) is 2.12. The van der Waals surface area contributed by atoms with Crippen LogP contribution < -0.4 is 0 Å². The highest BCUT2D eigenvalue weighted by Gasteiger charge is 2.31. The summed E-state index contributed by atoms with van der Waals surface area (Å²) >= 11 is 6.68. The van der Waals surface area contributed by atoms with Crippen molar-refractivity contribution < 1.29 is 4.79 Å². The Hall–Kier alpha value is -0.490. The molecule has 2 nitrogen and oxygen atoms in total. The Morgan fingerprint density at radius 3 is 2.79 bits per heavy atom. The summed E-state index contributed by atoms with van der Waals surface area (Å²) < 4.78 is 0.925. The van der Waals surface area contributed by atoms with E-state index in [0.29, 0.717) is 12.6 Å². The maximum atomic E-state index is 12.3. The second kappa shape index (κ2) is 5.87. The lowest BCUT2D eigenvalue weighted by molar-refractivity contribution is 0.0922. The number of carbonyl (C=O) groups excluding carboxylic acids is 1. The van der Waals surface area contributed by atoms with Crippen molar-refractivity contribution in [3.05, 3.63) is 43.2 Å². The lowest BCUT2D eigenvalue weighted by atomic mass is 10.2. The molecule has 100 valence electrons. The first-order valence-electron chi connectivity index (χ1n) is 6.25. The van der Waals surface area contributed by atoms with Gasteiger partial charge in [0.05, 0.1) is 11.4 Å². The van der Waals surface area contributed by atoms with Crippen LogP contribution in [0.15, 0.2) is 32.7 Å². The number of thiophene rings is 2. The lowest BCUT2D eigenvalue weighted by Crippen LogP contribution is -2.31. The minimum atomic E-state index is 0.226. The predicted molar refractivity (Wildman–Crippen MR) is 84.1 cm³/mol. The van der Waals surface area contributed by atoms with Crippen LogP contribution in [-0.2, 0) is 6.54 Å². The highest BCUT2D eigenvalue weighted by molar-refractivity contribution is 9.10. The van der Waals surface area contributed by atoms with Crippen molar-refractivity contribution in [1.29, 1.82) is 0 Å². The first-order valence-corrected chi connectivity index (χ1v) is 8.87. The molecular formula is C14H14BrNOS2. The van der Waals surface area contributed by atoms with Crippen molar-refractivity contribution in [3.63, 3.8) is 0 Å². The number of hydrogen-bond donors (Lipinski definition) is 0. The first-order chi connectivity index (χ1) is 9.24. The molecule has 3 rings (SSSR count). The molecule has 0 atom stereocenters. The van der Waals surface area contributed by atoms with Gasteiger partial charge in [-0.05, 0) is 62.6 Å².